The first-order valence-corrected chi connectivity index (χ1v) is 22.3. The van der Waals surface area contributed by atoms with E-state index in [1.54, 1.807) is 80.7 Å². The van der Waals surface area contributed by atoms with Gasteiger partial charge in [-0.15, -0.1) is 0 Å². The number of carbonyl (C=O) groups excluding carboxylic acids is 1. The molecule has 18 heteroatoms. The molecule has 368 valence electrons. The number of aliphatic hydroxyl groups excluding tert-OH is 9. The third-order valence-corrected chi connectivity index (χ3v) is 12.0. The molecule has 0 spiro atoms. The first-order chi connectivity index (χ1) is 30.6. The van der Waals surface area contributed by atoms with Gasteiger partial charge in [-0.1, -0.05) is 98.9 Å². The van der Waals surface area contributed by atoms with Crippen molar-refractivity contribution in [1.82, 2.24) is 0 Å². The molecule has 3 aliphatic heterocycles. The normalized spacial score (nSPS) is 45.5. The number of ether oxygens (including phenoxy) is 4. The van der Waals surface area contributed by atoms with Crippen LogP contribution in [0.4, 0.5) is 0 Å². The van der Waals surface area contributed by atoms with Gasteiger partial charge in [0, 0.05) is 37.5 Å². The standard InChI is InChI=1S/C47H73NO17/c1-27-17-15-13-11-9-7-5-6-8-10-12-14-16-18-34(64-46-44(58)41(48)43(57)30(4)63-46)24-38-40(45(59)60)37(54)26-47(61,65-38)25-33(51)22-36(53)35(52)20-19-31(49)21-32(50)23-39(55)62-29(3)28(2)42(27)56/h5-18,27-38,40-44,46,49-54,56-58,61H,19-26,48H2,1-4H3,(H,59,60)/b6-5+,9-7+,10-8+,13-11+,14-12+,17-15+,18-16+/t27?,28?,29?,30?,31-,32-,33+,34+,35-,36-,37?,38?,40-,41?,42-,43?,44?,46?,47-/m1/s1. The van der Waals surface area contributed by atoms with Gasteiger partial charge in [-0.3, -0.25) is 9.59 Å². The van der Waals surface area contributed by atoms with Crippen molar-refractivity contribution in [2.24, 2.45) is 23.5 Å². The molecule has 0 aliphatic carbocycles. The lowest BCUT2D eigenvalue weighted by Crippen LogP contribution is -2.61. The molecule has 3 heterocycles. The Bertz CT molecular complexity index is 1670. The van der Waals surface area contributed by atoms with Gasteiger partial charge in [0.05, 0.1) is 79.6 Å². The van der Waals surface area contributed by atoms with E-state index in [1.807, 2.05) is 19.1 Å². The lowest BCUT2D eigenvalue weighted by Gasteiger charge is -2.45. The van der Waals surface area contributed by atoms with Gasteiger partial charge in [0.25, 0.3) is 0 Å². The van der Waals surface area contributed by atoms with E-state index >= 15 is 0 Å². The molecule has 13 N–H and O–H groups in total. The Morgan fingerprint density at radius 3 is 1.82 bits per heavy atom. The summed E-state index contributed by atoms with van der Waals surface area (Å²) in [5.74, 6) is -6.83. The Labute approximate surface area is 381 Å². The van der Waals surface area contributed by atoms with Gasteiger partial charge in [0.15, 0.2) is 12.1 Å². The third-order valence-electron chi connectivity index (χ3n) is 12.0. The number of rotatable bonds is 3. The Morgan fingerprint density at radius 2 is 1.23 bits per heavy atom. The van der Waals surface area contributed by atoms with E-state index in [0.29, 0.717) is 0 Å². The molecule has 18 nitrogen and oxygen atoms in total. The average Bonchev–Trinajstić information content (AvgIpc) is 3.21. The van der Waals surface area contributed by atoms with Gasteiger partial charge in [-0.2, -0.15) is 0 Å². The second kappa shape index (κ2) is 27.4. The molecule has 19 atom stereocenters. The third kappa shape index (κ3) is 18.6. The fraction of sp³-hybridized carbons (Fsp3) is 0.660. The highest BCUT2D eigenvalue weighted by Gasteiger charge is 2.51. The van der Waals surface area contributed by atoms with Crippen molar-refractivity contribution >= 4 is 11.9 Å². The molecule has 3 aliphatic rings. The van der Waals surface area contributed by atoms with Crippen molar-refractivity contribution < 1.29 is 84.7 Å². The Balaban J connectivity index is 1.86. The molecule has 10 unspecified atom stereocenters. The Morgan fingerprint density at radius 1 is 0.662 bits per heavy atom. The van der Waals surface area contributed by atoms with Gasteiger partial charge in [-0.25, -0.2) is 0 Å². The SMILES string of the molecule is CC1OC(O[C@H]2/C=C/C=C/C=C/C=C/C=C/C=C/C=C/C(C)[C@@H](O)C(C)C(C)OC(=O)C[C@H](O)C[C@H](O)CC[C@@H](O)[C@H](O)C[C@H](O)C[C@]3(O)CC(O)[C@@H](C(=O)O)C(C2)O3)C(O)C(N)C1O. The van der Waals surface area contributed by atoms with Crippen LogP contribution in [0.25, 0.3) is 0 Å². The van der Waals surface area contributed by atoms with Crippen LogP contribution in [-0.4, -0.2) is 166 Å². The van der Waals surface area contributed by atoms with Crippen molar-refractivity contribution in [2.45, 2.75) is 177 Å². The number of fused-ring (bicyclic) bond motifs is 2. The summed E-state index contributed by atoms with van der Waals surface area (Å²) in [6, 6.07) is -1.15. The van der Waals surface area contributed by atoms with Gasteiger partial charge in [-0.05, 0) is 33.1 Å². The summed E-state index contributed by atoms with van der Waals surface area (Å²) in [6.07, 6.45) is 3.46. The monoisotopic (exact) mass is 923 g/mol. The van der Waals surface area contributed by atoms with E-state index in [1.165, 1.54) is 13.0 Å². The fourth-order valence-corrected chi connectivity index (χ4v) is 7.97. The number of carboxylic acid groups (broad SMARTS) is 1. The summed E-state index contributed by atoms with van der Waals surface area (Å²) in [4.78, 5) is 25.1. The van der Waals surface area contributed by atoms with E-state index in [4.69, 9.17) is 24.7 Å². The number of aliphatic hydroxyl groups is 10. The molecular formula is C47H73NO17. The molecule has 0 amide bonds. The van der Waals surface area contributed by atoms with E-state index in [-0.39, 0.29) is 31.6 Å². The minimum absolute atomic E-state index is 0.107. The van der Waals surface area contributed by atoms with Crippen LogP contribution in [0.1, 0.15) is 79.1 Å². The number of allylic oxidation sites excluding steroid dienone is 12. The van der Waals surface area contributed by atoms with Crippen LogP contribution < -0.4 is 5.73 Å². The van der Waals surface area contributed by atoms with Crippen LogP contribution in [-0.2, 0) is 28.5 Å². The van der Waals surface area contributed by atoms with Gasteiger partial charge in [0.1, 0.15) is 18.1 Å². The lowest BCUT2D eigenvalue weighted by atomic mass is 9.82. The van der Waals surface area contributed by atoms with Crippen molar-refractivity contribution in [2.75, 3.05) is 0 Å². The zero-order valence-electron chi connectivity index (χ0n) is 37.6. The highest BCUT2D eigenvalue weighted by Crippen LogP contribution is 2.38. The van der Waals surface area contributed by atoms with Crippen molar-refractivity contribution in [3.05, 3.63) is 85.1 Å². The first kappa shape index (κ1) is 55.9. The molecule has 65 heavy (non-hydrogen) atoms. The minimum Gasteiger partial charge on any atom is -0.481 e. The number of cyclic esters (lactones) is 1. The number of hydrogen-bond donors (Lipinski definition) is 12. The van der Waals surface area contributed by atoms with Crippen LogP contribution in [0.5, 0.6) is 0 Å². The van der Waals surface area contributed by atoms with Crippen LogP contribution in [0.3, 0.4) is 0 Å². The molecule has 2 saturated heterocycles. The summed E-state index contributed by atoms with van der Waals surface area (Å²) >= 11 is 0. The fourth-order valence-electron chi connectivity index (χ4n) is 7.97. The largest absolute Gasteiger partial charge is 0.481 e. The summed E-state index contributed by atoms with van der Waals surface area (Å²) < 4.78 is 23.1. The second-order valence-corrected chi connectivity index (χ2v) is 17.6. The molecule has 0 radical (unpaired) electrons. The van der Waals surface area contributed by atoms with Gasteiger partial charge >= 0.3 is 11.9 Å². The summed E-state index contributed by atoms with van der Waals surface area (Å²) in [7, 11) is 0. The predicted octanol–water partition coefficient (Wildman–Crippen LogP) is 0.712. The van der Waals surface area contributed by atoms with Crippen molar-refractivity contribution in [3.8, 4) is 0 Å². The topological polar surface area (TPSA) is 320 Å². The number of esters is 1. The number of carbonyl (C=O) groups is 2. The Kier molecular flexibility index (Phi) is 23.6. The average molecular weight is 924 g/mol. The van der Waals surface area contributed by atoms with Crippen LogP contribution in [0, 0.1) is 17.8 Å². The zero-order chi connectivity index (χ0) is 48.4. The van der Waals surface area contributed by atoms with Crippen LogP contribution in [0.15, 0.2) is 85.1 Å². The maximum atomic E-state index is 12.6. The number of nitrogens with two attached hydrogens (primary N) is 1. The van der Waals surface area contributed by atoms with Crippen LogP contribution >= 0.6 is 0 Å². The molecule has 3 rings (SSSR count). The van der Waals surface area contributed by atoms with E-state index in [0.717, 1.165) is 0 Å². The summed E-state index contributed by atoms with van der Waals surface area (Å²) in [5.41, 5.74) is 6.02. The maximum absolute atomic E-state index is 12.6. The molecule has 0 aromatic heterocycles. The molecule has 0 aromatic carbocycles. The predicted molar refractivity (Wildman–Crippen MR) is 237 cm³/mol. The van der Waals surface area contributed by atoms with Crippen molar-refractivity contribution in [1.29, 1.82) is 0 Å². The number of carboxylic acids is 1. The summed E-state index contributed by atoms with van der Waals surface area (Å²) in [5, 5.41) is 118. The minimum atomic E-state index is -2.33. The van der Waals surface area contributed by atoms with E-state index in [2.05, 4.69) is 0 Å². The van der Waals surface area contributed by atoms with Gasteiger partial charge < -0.3 is 80.9 Å². The number of aliphatic carboxylic acids is 1. The molecular weight excluding hydrogens is 851 g/mol. The highest BCUT2D eigenvalue weighted by molar-refractivity contribution is 5.71. The smallest absolute Gasteiger partial charge is 0.311 e. The van der Waals surface area contributed by atoms with E-state index in [9.17, 15) is 65.8 Å². The van der Waals surface area contributed by atoms with Crippen LogP contribution in [0.2, 0.25) is 0 Å². The van der Waals surface area contributed by atoms with Gasteiger partial charge in [0.2, 0.25) is 0 Å². The quantitative estimate of drug-likeness (QED) is 0.174. The zero-order valence-corrected chi connectivity index (χ0v) is 37.6. The number of hydrogen-bond acceptors (Lipinski definition) is 17. The molecule has 2 fully saturated rings. The first-order valence-electron chi connectivity index (χ1n) is 22.3. The van der Waals surface area contributed by atoms with E-state index < -0.39 is 147 Å². The Hall–Kier alpha value is -3.44. The molecule has 2 bridgehead atoms. The van der Waals surface area contributed by atoms with Crippen molar-refractivity contribution in [3.63, 3.8) is 0 Å². The molecule has 0 aromatic rings. The molecule has 0 saturated carbocycles. The summed E-state index contributed by atoms with van der Waals surface area (Å²) in [6.45, 7) is 6.74. The highest BCUT2D eigenvalue weighted by atomic mass is 16.7. The second-order valence-electron chi connectivity index (χ2n) is 17.6. The lowest BCUT2D eigenvalue weighted by molar-refractivity contribution is -0.308. The maximum Gasteiger partial charge on any atom is 0.311 e.